The van der Waals surface area contributed by atoms with E-state index in [-0.39, 0.29) is 24.0 Å². The predicted octanol–water partition coefficient (Wildman–Crippen LogP) is 0.750. The van der Waals surface area contributed by atoms with Crippen LogP contribution in [-0.2, 0) is 11.3 Å². The largest absolute Gasteiger partial charge is 0.383 e. The number of ether oxygens (including phenoxy) is 1. The van der Waals surface area contributed by atoms with Crippen LogP contribution in [0.2, 0.25) is 0 Å². The Morgan fingerprint density at radius 2 is 2.38 bits per heavy atom. The number of pyridine rings is 1. The quantitative estimate of drug-likeness (QED) is 0.360. The molecular formula is C10H17IN4O. The van der Waals surface area contributed by atoms with E-state index in [1.165, 1.54) is 0 Å². The Morgan fingerprint density at radius 1 is 1.56 bits per heavy atom. The fourth-order valence-electron chi connectivity index (χ4n) is 0.995. The van der Waals surface area contributed by atoms with Gasteiger partial charge in [0.05, 0.1) is 18.8 Å². The number of guanidine groups is 1. The first-order chi connectivity index (χ1) is 7.33. The number of nitrogens with one attached hydrogen (secondary N) is 1. The lowest BCUT2D eigenvalue weighted by Crippen LogP contribution is -2.34. The molecule has 0 unspecified atom stereocenters. The highest BCUT2D eigenvalue weighted by Crippen LogP contribution is 1.94. The minimum atomic E-state index is 0. The smallest absolute Gasteiger partial charge is 0.189 e. The Hall–Kier alpha value is -0.890. The van der Waals surface area contributed by atoms with Gasteiger partial charge in [-0.15, -0.1) is 24.0 Å². The van der Waals surface area contributed by atoms with Crippen LogP contribution in [0.3, 0.4) is 0 Å². The van der Waals surface area contributed by atoms with Gasteiger partial charge in [0.2, 0.25) is 0 Å². The van der Waals surface area contributed by atoms with Gasteiger partial charge in [0.25, 0.3) is 0 Å². The Labute approximate surface area is 113 Å². The molecule has 0 aliphatic heterocycles. The molecule has 1 rings (SSSR count). The molecule has 0 radical (unpaired) electrons. The van der Waals surface area contributed by atoms with E-state index in [9.17, 15) is 0 Å². The third kappa shape index (κ3) is 6.57. The third-order valence-electron chi connectivity index (χ3n) is 1.75. The van der Waals surface area contributed by atoms with Crippen molar-refractivity contribution in [2.45, 2.75) is 6.54 Å². The molecule has 1 aromatic heterocycles. The summed E-state index contributed by atoms with van der Waals surface area (Å²) < 4.78 is 4.87. The van der Waals surface area contributed by atoms with Crippen LogP contribution in [-0.4, -0.2) is 31.2 Å². The second-order valence-electron chi connectivity index (χ2n) is 2.94. The highest BCUT2D eigenvalue weighted by atomic mass is 127. The van der Waals surface area contributed by atoms with Crippen LogP contribution >= 0.6 is 24.0 Å². The van der Waals surface area contributed by atoms with E-state index >= 15 is 0 Å². The monoisotopic (exact) mass is 336 g/mol. The lowest BCUT2D eigenvalue weighted by Gasteiger charge is -2.03. The number of nitrogens with two attached hydrogens (primary N) is 1. The number of halogens is 1. The molecule has 0 atom stereocenters. The number of hydrogen-bond donors (Lipinski definition) is 2. The van der Waals surface area contributed by atoms with Gasteiger partial charge >= 0.3 is 0 Å². The van der Waals surface area contributed by atoms with Gasteiger partial charge in [-0.3, -0.25) is 4.98 Å². The van der Waals surface area contributed by atoms with E-state index in [0.29, 0.717) is 25.7 Å². The van der Waals surface area contributed by atoms with Crippen LogP contribution in [0.4, 0.5) is 0 Å². The molecule has 0 spiro atoms. The van der Waals surface area contributed by atoms with Crippen LogP contribution in [0.25, 0.3) is 0 Å². The van der Waals surface area contributed by atoms with E-state index in [2.05, 4.69) is 15.3 Å². The number of rotatable bonds is 5. The molecule has 0 saturated heterocycles. The fourth-order valence-corrected chi connectivity index (χ4v) is 0.995. The summed E-state index contributed by atoms with van der Waals surface area (Å²) in [4.78, 5) is 8.26. The molecule has 0 aliphatic carbocycles. The predicted molar refractivity (Wildman–Crippen MR) is 74.9 cm³/mol. The van der Waals surface area contributed by atoms with Gasteiger partial charge in [0.15, 0.2) is 5.96 Å². The molecule has 90 valence electrons. The van der Waals surface area contributed by atoms with Crippen LogP contribution in [0.5, 0.6) is 0 Å². The molecule has 0 fully saturated rings. The highest BCUT2D eigenvalue weighted by Gasteiger charge is 1.92. The van der Waals surface area contributed by atoms with E-state index in [1.54, 1.807) is 13.3 Å². The summed E-state index contributed by atoms with van der Waals surface area (Å²) in [5.41, 5.74) is 6.52. The topological polar surface area (TPSA) is 72.5 Å². The van der Waals surface area contributed by atoms with E-state index < -0.39 is 0 Å². The van der Waals surface area contributed by atoms with E-state index in [0.717, 1.165) is 5.69 Å². The van der Waals surface area contributed by atoms with E-state index in [4.69, 9.17) is 10.5 Å². The van der Waals surface area contributed by atoms with Crippen LogP contribution in [0.15, 0.2) is 29.4 Å². The normalized spacial score (nSPS) is 10.7. The number of nitrogens with zero attached hydrogens (tertiary/aromatic N) is 2. The minimum absolute atomic E-state index is 0. The first-order valence-corrected chi connectivity index (χ1v) is 4.75. The molecule has 3 N–H and O–H groups in total. The summed E-state index contributed by atoms with van der Waals surface area (Å²) in [6.07, 6.45) is 1.74. The van der Waals surface area contributed by atoms with Gasteiger partial charge in [-0.05, 0) is 12.1 Å². The second kappa shape index (κ2) is 9.34. The Kier molecular flexibility index (Phi) is 8.82. The van der Waals surface area contributed by atoms with Crippen LogP contribution in [0, 0.1) is 0 Å². The zero-order valence-corrected chi connectivity index (χ0v) is 11.5. The van der Waals surface area contributed by atoms with Crippen molar-refractivity contribution in [3.05, 3.63) is 30.1 Å². The van der Waals surface area contributed by atoms with Gasteiger partial charge in [0, 0.05) is 19.9 Å². The van der Waals surface area contributed by atoms with Crippen molar-refractivity contribution in [1.82, 2.24) is 10.3 Å². The van der Waals surface area contributed by atoms with Gasteiger partial charge in [-0.25, -0.2) is 4.99 Å². The summed E-state index contributed by atoms with van der Waals surface area (Å²) in [7, 11) is 1.64. The van der Waals surface area contributed by atoms with Crippen molar-refractivity contribution < 1.29 is 4.74 Å². The maximum atomic E-state index is 5.62. The minimum Gasteiger partial charge on any atom is -0.383 e. The first kappa shape index (κ1) is 15.1. The maximum absolute atomic E-state index is 5.62. The standard InChI is InChI=1S/C10H16N4O.HI/c1-15-7-6-13-10(11)14-8-9-4-2-3-5-12-9;/h2-5H,6-8H2,1H3,(H3,11,13,14);1H. The van der Waals surface area contributed by atoms with Crippen molar-refractivity contribution in [3.8, 4) is 0 Å². The number of aromatic nitrogens is 1. The highest BCUT2D eigenvalue weighted by molar-refractivity contribution is 14.0. The molecule has 0 amide bonds. The Morgan fingerprint density at radius 3 is 3.00 bits per heavy atom. The Bertz CT molecular complexity index is 305. The van der Waals surface area contributed by atoms with Gasteiger partial charge < -0.3 is 15.8 Å². The van der Waals surface area contributed by atoms with E-state index in [1.807, 2.05) is 18.2 Å². The third-order valence-corrected chi connectivity index (χ3v) is 1.75. The maximum Gasteiger partial charge on any atom is 0.189 e. The molecule has 5 nitrogen and oxygen atoms in total. The fraction of sp³-hybridized carbons (Fsp3) is 0.400. The number of aliphatic imine (C=N–C) groups is 1. The summed E-state index contributed by atoms with van der Waals surface area (Å²) >= 11 is 0. The van der Waals surface area contributed by atoms with Gasteiger partial charge in [-0.2, -0.15) is 0 Å². The Balaban J connectivity index is 0.00000225. The van der Waals surface area contributed by atoms with Crippen molar-refractivity contribution >= 4 is 29.9 Å². The molecule has 1 heterocycles. The summed E-state index contributed by atoms with van der Waals surface area (Å²) in [6, 6.07) is 5.70. The van der Waals surface area contributed by atoms with Crippen LogP contribution in [0.1, 0.15) is 5.69 Å². The summed E-state index contributed by atoms with van der Waals surface area (Å²) in [5.74, 6) is 0.415. The molecule has 0 bridgehead atoms. The zero-order chi connectivity index (χ0) is 10.9. The summed E-state index contributed by atoms with van der Waals surface area (Å²) in [5, 5.41) is 2.93. The molecule has 0 aromatic carbocycles. The number of methoxy groups -OCH3 is 1. The van der Waals surface area contributed by atoms with Gasteiger partial charge in [-0.1, -0.05) is 6.07 Å². The molecule has 6 heteroatoms. The number of hydrogen-bond acceptors (Lipinski definition) is 3. The first-order valence-electron chi connectivity index (χ1n) is 4.75. The summed E-state index contributed by atoms with van der Waals surface area (Å²) in [6.45, 7) is 1.76. The zero-order valence-electron chi connectivity index (χ0n) is 9.22. The molecule has 0 saturated carbocycles. The van der Waals surface area contributed by atoms with Gasteiger partial charge in [0.1, 0.15) is 0 Å². The molecular weight excluding hydrogens is 319 g/mol. The van der Waals surface area contributed by atoms with Crippen molar-refractivity contribution in [2.75, 3.05) is 20.3 Å². The average molecular weight is 336 g/mol. The molecule has 16 heavy (non-hydrogen) atoms. The molecule has 1 aromatic rings. The molecule has 0 aliphatic rings. The average Bonchev–Trinajstić information content (AvgIpc) is 2.28. The second-order valence-corrected chi connectivity index (χ2v) is 2.94. The van der Waals surface area contributed by atoms with Crippen molar-refractivity contribution in [1.29, 1.82) is 0 Å². The SMILES string of the molecule is COCCNC(N)=NCc1ccccn1.I. The lowest BCUT2D eigenvalue weighted by atomic mass is 10.3. The lowest BCUT2D eigenvalue weighted by molar-refractivity contribution is 0.204. The van der Waals surface area contributed by atoms with Crippen LogP contribution < -0.4 is 11.1 Å². The van der Waals surface area contributed by atoms with Crippen molar-refractivity contribution in [2.24, 2.45) is 10.7 Å². The van der Waals surface area contributed by atoms with Crippen molar-refractivity contribution in [3.63, 3.8) is 0 Å².